The van der Waals surface area contributed by atoms with E-state index in [0.29, 0.717) is 24.1 Å². The molecule has 2 atom stereocenters. The molecule has 1 aromatic carbocycles. The second kappa shape index (κ2) is 6.66. The van der Waals surface area contributed by atoms with E-state index in [0.717, 1.165) is 13.0 Å². The number of benzene rings is 1. The Morgan fingerprint density at radius 1 is 1.22 bits per heavy atom. The molecule has 2 fully saturated rings. The summed E-state index contributed by atoms with van der Waals surface area (Å²) >= 11 is 0. The van der Waals surface area contributed by atoms with Crippen molar-refractivity contribution in [3.05, 3.63) is 17.7 Å². The third-order valence-corrected chi connectivity index (χ3v) is 4.89. The SMILES string of the molecule is COc1cc(C(=O)OCC2CCN3CCCC23)cc(OC)c1O. The lowest BCUT2D eigenvalue weighted by Gasteiger charge is -2.20. The summed E-state index contributed by atoms with van der Waals surface area (Å²) in [5.74, 6) is 0.266. The predicted molar refractivity (Wildman–Crippen MR) is 84.2 cm³/mol. The topological polar surface area (TPSA) is 68.2 Å². The summed E-state index contributed by atoms with van der Waals surface area (Å²) in [5.41, 5.74) is 0.317. The lowest BCUT2D eigenvalue weighted by atomic mass is 9.99. The van der Waals surface area contributed by atoms with E-state index in [4.69, 9.17) is 14.2 Å². The van der Waals surface area contributed by atoms with Gasteiger partial charge in [0.2, 0.25) is 5.75 Å². The summed E-state index contributed by atoms with van der Waals surface area (Å²) in [6.07, 6.45) is 3.52. The number of hydrogen-bond donors (Lipinski definition) is 1. The zero-order valence-corrected chi connectivity index (χ0v) is 13.6. The number of fused-ring (bicyclic) bond motifs is 1. The number of phenols is 1. The van der Waals surface area contributed by atoms with Crippen molar-refractivity contribution < 1.29 is 24.1 Å². The molecule has 2 saturated heterocycles. The van der Waals surface area contributed by atoms with Gasteiger partial charge in [0, 0.05) is 12.0 Å². The number of carbonyl (C=O) groups is 1. The lowest BCUT2D eigenvalue weighted by Crippen LogP contribution is -2.28. The fourth-order valence-electron chi connectivity index (χ4n) is 3.66. The van der Waals surface area contributed by atoms with Crippen LogP contribution >= 0.6 is 0 Å². The second-order valence-electron chi connectivity index (χ2n) is 6.12. The first kappa shape index (κ1) is 15.9. The molecule has 0 amide bonds. The Morgan fingerprint density at radius 3 is 2.57 bits per heavy atom. The van der Waals surface area contributed by atoms with Crippen LogP contribution in [0, 0.1) is 5.92 Å². The van der Waals surface area contributed by atoms with Gasteiger partial charge < -0.3 is 19.3 Å². The highest BCUT2D eigenvalue weighted by Gasteiger charge is 2.37. The number of carbonyl (C=O) groups excluding carboxylic acids is 1. The Hall–Kier alpha value is -1.95. The highest BCUT2D eigenvalue weighted by atomic mass is 16.5. The van der Waals surface area contributed by atoms with Gasteiger partial charge in [0.1, 0.15) is 0 Å². The Kier molecular flexibility index (Phi) is 4.61. The van der Waals surface area contributed by atoms with Crippen LogP contribution in [0.2, 0.25) is 0 Å². The highest BCUT2D eigenvalue weighted by molar-refractivity contribution is 5.91. The number of hydrogen-bond acceptors (Lipinski definition) is 6. The maximum Gasteiger partial charge on any atom is 0.338 e. The van der Waals surface area contributed by atoms with Crippen molar-refractivity contribution in [1.82, 2.24) is 4.90 Å². The quantitative estimate of drug-likeness (QED) is 0.837. The van der Waals surface area contributed by atoms with Crippen molar-refractivity contribution >= 4 is 5.97 Å². The predicted octanol–water partition coefficient (Wildman–Crippen LogP) is 2.05. The van der Waals surface area contributed by atoms with Crippen LogP contribution in [-0.4, -0.2) is 55.9 Å². The zero-order valence-electron chi connectivity index (χ0n) is 13.6. The molecule has 0 spiro atoms. The summed E-state index contributed by atoms with van der Waals surface area (Å²) in [5, 5.41) is 9.89. The standard InChI is InChI=1S/C17H23NO5/c1-21-14-8-12(9-15(22-2)16(14)19)17(20)23-10-11-5-7-18-6-3-4-13(11)18/h8-9,11,13,19H,3-7,10H2,1-2H3. The largest absolute Gasteiger partial charge is 0.502 e. The van der Waals surface area contributed by atoms with Crippen LogP contribution < -0.4 is 9.47 Å². The number of aromatic hydroxyl groups is 1. The smallest absolute Gasteiger partial charge is 0.338 e. The number of methoxy groups -OCH3 is 2. The molecular formula is C17H23NO5. The van der Waals surface area contributed by atoms with Gasteiger partial charge in [-0.05, 0) is 44.5 Å². The third-order valence-electron chi connectivity index (χ3n) is 4.89. The molecule has 2 aliphatic rings. The molecule has 0 bridgehead atoms. The molecule has 6 heteroatoms. The molecule has 0 aromatic heterocycles. The Bertz CT molecular complexity index is 563. The molecule has 6 nitrogen and oxygen atoms in total. The minimum absolute atomic E-state index is 0.121. The molecule has 0 radical (unpaired) electrons. The Labute approximate surface area is 135 Å². The molecule has 0 aliphatic carbocycles. The fourth-order valence-corrected chi connectivity index (χ4v) is 3.66. The number of esters is 1. The zero-order chi connectivity index (χ0) is 16.4. The lowest BCUT2D eigenvalue weighted by molar-refractivity contribution is 0.0418. The van der Waals surface area contributed by atoms with Gasteiger partial charge >= 0.3 is 5.97 Å². The fraction of sp³-hybridized carbons (Fsp3) is 0.588. The molecule has 1 aromatic rings. The van der Waals surface area contributed by atoms with Crippen molar-refractivity contribution in [1.29, 1.82) is 0 Å². The van der Waals surface area contributed by atoms with Crippen LogP contribution in [0.25, 0.3) is 0 Å². The van der Waals surface area contributed by atoms with E-state index in [1.165, 1.54) is 45.7 Å². The van der Waals surface area contributed by atoms with Crippen molar-refractivity contribution in [2.45, 2.75) is 25.3 Å². The van der Waals surface area contributed by atoms with E-state index in [2.05, 4.69) is 4.90 Å². The van der Waals surface area contributed by atoms with Gasteiger partial charge in [0.15, 0.2) is 11.5 Å². The van der Waals surface area contributed by atoms with E-state index >= 15 is 0 Å². The van der Waals surface area contributed by atoms with Crippen LogP contribution in [0.4, 0.5) is 0 Å². The molecule has 2 aliphatic heterocycles. The summed E-state index contributed by atoms with van der Waals surface area (Å²) in [7, 11) is 2.85. The van der Waals surface area contributed by atoms with Crippen LogP contribution in [0.1, 0.15) is 29.6 Å². The third kappa shape index (κ3) is 3.08. The molecule has 23 heavy (non-hydrogen) atoms. The minimum atomic E-state index is -0.418. The van der Waals surface area contributed by atoms with Crippen molar-refractivity contribution in [2.24, 2.45) is 5.92 Å². The average molecular weight is 321 g/mol. The monoisotopic (exact) mass is 321 g/mol. The maximum absolute atomic E-state index is 12.3. The van der Waals surface area contributed by atoms with Gasteiger partial charge in [0.25, 0.3) is 0 Å². The Balaban J connectivity index is 1.66. The number of phenolic OH excluding ortho intramolecular Hbond substituents is 1. The van der Waals surface area contributed by atoms with Crippen LogP contribution in [-0.2, 0) is 4.74 Å². The van der Waals surface area contributed by atoms with Gasteiger partial charge in [-0.3, -0.25) is 4.90 Å². The van der Waals surface area contributed by atoms with Crippen LogP contribution in [0.15, 0.2) is 12.1 Å². The second-order valence-corrected chi connectivity index (χ2v) is 6.12. The highest BCUT2D eigenvalue weighted by Crippen LogP contribution is 2.37. The van der Waals surface area contributed by atoms with E-state index in [1.54, 1.807) is 0 Å². The van der Waals surface area contributed by atoms with E-state index < -0.39 is 5.97 Å². The molecule has 0 saturated carbocycles. The first-order chi connectivity index (χ1) is 11.1. The minimum Gasteiger partial charge on any atom is -0.502 e. The molecule has 1 N–H and O–H groups in total. The summed E-state index contributed by atoms with van der Waals surface area (Å²) in [6, 6.07) is 3.50. The van der Waals surface area contributed by atoms with Gasteiger partial charge in [-0.15, -0.1) is 0 Å². The normalized spacial score (nSPS) is 23.6. The van der Waals surface area contributed by atoms with Gasteiger partial charge in [-0.25, -0.2) is 4.79 Å². The average Bonchev–Trinajstić information content (AvgIpc) is 3.16. The number of rotatable bonds is 5. The van der Waals surface area contributed by atoms with Gasteiger partial charge in [-0.2, -0.15) is 0 Å². The van der Waals surface area contributed by atoms with Crippen LogP contribution in [0.3, 0.4) is 0 Å². The Morgan fingerprint density at radius 2 is 1.91 bits per heavy atom. The molecular weight excluding hydrogens is 298 g/mol. The van der Waals surface area contributed by atoms with Crippen LogP contribution in [0.5, 0.6) is 17.2 Å². The van der Waals surface area contributed by atoms with E-state index in [1.807, 2.05) is 0 Å². The molecule has 3 rings (SSSR count). The first-order valence-electron chi connectivity index (χ1n) is 8.00. The van der Waals surface area contributed by atoms with Gasteiger partial charge in [0.05, 0.1) is 26.4 Å². The van der Waals surface area contributed by atoms with E-state index in [9.17, 15) is 9.90 Å². The van der Waals surface area contributed by atoms with Crippen molar-refractivity contribution in [3.63, 3.8) is 0 Å². The molecule has 126 valence electrons. The van der Waals surface area contributed by atoms with E-state index in [-0.39, 0.29) is 17.2 Å². The summed E-state index contributed by atoms with van der Waals surface area (Å²) in [4.78, 5) is 14.8. The summed E-state index contributed by atoms with van der Waals surface area (Å²) < 4.78 is 15.6. The summed E-state index contributed by atoms with van der Waals surface area (Å²) in [6.45, 7) is 2.71. The van der Waals surface area contributed by atoms with Crippen molar-refractivity contribution in [2.75, 3.05) is 33.9 Å². The van der Waals surface area contributed by atoms with Gasteiger partial charge in [-0.1, -0.05) is 0 Å². The number of nitrogens with zero attached hydrogens (tertiary/aromatic N) is 1. The molecule has 2 unspecified atom stereocenters. The number of ether oxygens (including phenoxy) is 3. The maximum atomic E-state index is 12.3. The van der Waals surface area contributed by atoms with Crippen molar-refractivity contribution in [3.8, 4) is 17.2 Å². The molecule has 2 heterocycles. The first-order valence-corrected chi connectivity index (χ1v) is 8.00.